The van der Waals surface area contributed by atoms with Gasteiger partial charge >= 0.3 is 6.18 Å². The lowest BCUT2D eigenvalue weighted by molar-refractivity contribution is -0.137. The van der Waals surface area contributed by atoms with E-state index in [1.165, 1.54) is 11.2 Å². The van der Waals surface area contributed by atoms with Crippen LogP contribution in [-0.2, 0) is 6.18 Å². The van der Waals surface area contributed by atoms with Crippen molar-refractivity contribution in [1.29, 1.82) is 0 Å². The van der Waals surface area contributed by atoms with Crippen molar-refractivity contribution in [3.8, 4) is 0 Å². The third-order valence-electron chi connectivity index (χ3n) is 4.52. The second kappa shape index (κ2) is 6.31. The highest BCUT2D eigenvalue weighted by atomic mass is 127. The van der Waals surface area contributed by atoms with Gasteiger partial charge in [0.15, 0.2) is 0 Å². The van der Waals surface area contributed by atoms with Crippen molar-refractivity contribution in [2.24, 2.45) is 0 Å². The van der Waals surface area contributed by atoms with Gasteiger partial charge in [-0.3, -0.25) is 5.32 Å². The Kier molecular flexibility index (Phi) is 4.31. The predicted octanol–water partition coefficient (Wildman–Crippen LogP) is 3.91. The maximum absolute atomic E-state index is 14.5. The van der Waals surface area contributed by atoms with Gasteiger partial charge in [-0.05, 0) is 52.9 Å². The number of imidazole rings is 1. The molecule has 1 fully saturated rings. The van der Waals surface area contributed by atoms with Crippen LogP contribution in [0.3, 0.4) is 0 Å². The first-order valence-corrected chi connectivity index (χ1v) is 9.00. The van der Waals surface area contributed by atoms with Gasteiger partial charge in [0.1, 0.15) is 5.82 Å². The van der Waals surface area contributed by atoms with Gasteiger partial charge in [-0.2, -0.15) is 13.2 Å². The molecule has 4 rings (SSSR count). The number of rotatable bonds is 2. The van der Waals surface area contributed by atoms with Crippen LogP contribution < -0.4 is 10.2 Å². The number of benzene rings is 2. The number of aromatic amines is 1. The van der Waals surface area contributed by atoms with Crippen LogP contribution in [-0.4, -0.2) is 25.5 Å². The van der Waals surface area contributed by atoms with Crippen molar-refractivity contribution in [1.82, 2.24) is 15.3 Å². The normalized spacial score (nSPS) is 23.3. The average Bonchev–Trinajstić information content (AvgIpc) is 3.16. The van der Waals surface area contributed by atoms with E-state index in [-0.39, 0.29) is 12.1 Å². The topological polar surface area (TPSA) is 64.2 Å². The molecule has 5 nitrogen and oxygen atoms in total. The number of hydrogen-bond acceptors (Lipinski definition) is 4. The molecule has 0 saturated carbocycles. The molecule has 142 valence electrons. The minimum absolute atomic E-state index is 0.0604. The molecule has 2 unspecified atom stereocenters. The molecule has 0 spiro atoms. The maximum atomic E-state index is 14.5. The molecule has 1 aliphatic heterocycles. The minimum atomic E-state index is -4.62. The van der Waals surface area contributed by atoms with E-state index in [1.54, 1.807) is 40.8 Å². The first kappa shape index (κ1) is 18.4. The van der Waals surface area contributed by atoms with Crippen LogP contribution in [0.4, 0.5) is 23.2 Å². The number of hydrogen-bond donors (Lipinski definition) is 3. The number of nitrogens with one attached hydrogen (secondary N) is 2. The highest BCUT2D eigenvalue weighted by Crippen LogP contribution is 2.41. The Labute approximate surface area is 164 Å². The van der Waals surface area contributed by atoms with Gasteiger partial charge < -0.3 is 15.0 Å². The summed E-state index contributed by atoms with van der Waals surface area (Å²) in [4.78, 5) is 8.64. The summed E-state index contributed by atoms with van der Waals surface area (Å²) < 4.78 is 51.4. The zero-order valence-electron chi connectivity index (χ0n) is 13.6. The number of alkyl halides is 4. The SMILES string of the molecule is OC1(I)NCC(c2ccc(C(F)(F)F)cc2F)N1c1ccc2[nH]cnc2c1. The molecule has 2 atom stereocenters. The van der Waals surface area contributed by atoms with E-state index in [2.05, 4.69) is 15.3 Å². The van der Waals surface area contributed by atoms with Crippen LogP contribution in [0.5, 0.6) is 0 Å². The van der Waals surface area contributed by atoms with Gasteiger partial charge in [-0.25, -0.2) is 9.37 Å². The summed E-state index contributed by atoms with van der Waals surface area (Å²) in [5.74, 6) is -0.975. The van der Waals surface area contributed by atoms with Gasteiger partial charge in [0, 0.05) is 17.8 Å². The summed E-state index contributed by atoms with van der Waals surface area (Å²) >= 11 is 1.77. The summed E-state index contributed by atoms with van der Waals surface area (Å²) in [6.45, 7) is 0.153. The molecule has 0 bridgehead atoms. The molecule has 3 aromatic rings. The third kappa shape index (κ3) is 3.25. The number of H-pyrrole nitrogens is 1. The quantitative estimate of drug-likeness (QED) is 0.220. The van der Waals surface area contributed by atoms with E-state index >= 15 is 0 Å². The van der Waals surface area contributed by atoms with Crippen LogP contribution >= 0.6 is 22.6 Å². The fourth-order valence-corrected chi connectivity index (χ4v) is 4.09. The number of nitrogens with zero attached hydrogens (tertiary/aromatic N) is 2. The Morgan fingerprint density at radius 2 is 2.00 bits per heavy atom. The highest BCUT2D eigenvalue weighted by molar-refractivity contribution is 14.1. The standard InChI is InChI=1S/C17H13F4IN4O/c18-12-5-9(16(19,20)21)1-3-11(12)15-7-25-17(22,27)26(15)10-2-4-13-14(6-10)24-8-23-13/h1-6,8,15,25,27H,7H2,(H,23,24). The first-order valence-electron chi connectivity index (χ1n) is 7.92. The monoisotopic (exact) mass is 492 g/mol. The fourth-order valence-electron chi connectivity index (χ4n) is 3.25. The van der Waals surface area contributed by atoms with Gasteiger partial charge in [0.25, 0.3) is 0 Å². The number of fused-ring (bicyclic) bond motifs is 1. The first-order chi connectivity index (χ1) is 12.7. The largest absolute Gasteiger partial charge is 0.416 e. The zero-order valence-corrected chi connectivity index (χ0v) is 15.7. The second-order valence-corrected chi connectivity index (χ2v) is 7.70. The molecule has 1 saturated heterocycles. The van der Waals surface area contributed by atoms with Crippen molar-refractivity contribution in [2.45, 2.75) is 16.1 Å². The summed E-state index contributed by atoms with van der Waals surface area (Å²) in [5, 5.41) is 13.6. The van der Waals surface area contributed by atoms with Crippen molar-refractivity contribution < 1.29 is 22.7 Å². The predicted molar refractivity (Wildman–Crippen MR) is 99.7 cm³/mol. The molecular formula is C17H13F4IN4O. The van der Waals surface area contributed by atoms with Gasteiger partial charge in [0.05, 0.1) is 29.0 Å². The number of aliphatic hydroxyl groups is 1. The summed E-state index contributed by atoms with van der Waals surface area (Å²) in [6, 6.07) is 6.95. The Balaban J connectivity index is 1.77. The van der Waals surface area contributed by atoms with Crippen LogP contribution in [0.15, 0.2) is 42.7 Å². The number of anilines is 1. The average molecular weight is 492 g/mol. The van der Waals surface area contributed by atoms with Crippen molar-refractivity contribution in [3.63, 3.8) is 0 Å². The molecule has 3 N–H and O–H groups in total. The lowest BCUT2D eigenvalue weighted by Crippen LogP contribution is -2.46. The van der Waals surface area contributed by atoms with E-state index in [9.17, 15) is 22.7 Å². The molecule has 1 aliphatic rings. The molecule has 10 heteroatoms. The van der Waals surface area contributed by atoms with E-state index in [4.69, 9.17) is 0 Å². The number of aromatic nitrogens is 2. The maximum Gasteiger partial charge on any atom is 0.416 e. The van der Waals surface area contributed by atoms with E-state index in [0.29, 0.717) is 17.3 Å². The molecule has 1 aromatic heterocycles. The van der Waals surface area contributed by atoms with Crippen LogP contribution in [0.1, 0.15) is 17.2 Å². The van der Waals surface area contributed by atoms with Gasteiger partial charge in [-0.1, -0.05) is 6.07 Å². The van der Waals surface area contributed by atoms with Crippen LogP contribution in [0.25, 0.3) is 11.0 Å². The van der Waals surface area contributed by atoms with Crippen molar-refractivity contribution in [3.05, 3.63) is 59.7 Å². The van der Waals surface area contributed by atoms with Crippen LogP contribution in [0, 0.1) is 5.82 Å². The number of halogens is 5. The summed E-state index contributed by atoms with van der Waals surface area (Å²) in [7, 11) is 0. The lowest BCUT2D eigenvalue weighted by Gasteiger charge is -2.34. The molecule has 0 aliphatic carbocycles. The lowest BCUT2D eigenvalue weighted by atomic mass is 10.0. The smallest absolute Gasteiger partial charge is 0.350 e. The highest BCUT2D eigenvalue weighted by Gasteiger charge is 2.45. The molecule has 2 aromatic carbocycles. The summed E-state index contributed by atoms with van der Waals surface area (Å²) in [5.41, 5.74) is 1.01. The Bertz CT molecular complexity index is 1000. The van der Waals surface area contributed by atoms with E-state index < -0.39 is 27.5 Å². The molecule has 0 radical (unpaired) electrons. The van der Waals surface area contributed by atoms with Crippen molar-refractivity contribution in [2.75, 3.05) is 11.4 Å². The molecule has 2 heterocycles. The Morgan fingerprint density at radius 1 is 1.22 bits per heavy atom. The molecule has 27 heavy (non-hydrogen) atoms. The van der Waals surface area contributed by atoms with E-state index in [1.807, 2.05) is 0 Å². The Morgan fingerprint density at radius 3 is 2.70 bits per heavy atom. The second-order valence-electron chi connectivity index (χ2n) is 6.19. The van der Waals surface area contributed by atoms with E-state index in [0.717, 1.165) is 17.6 Å². The van der Waals surface area contributed by atoms with Gasteiger partial charge in [-0.15, -0.1) is 0 Å². The molecular weight excluding hydrogens is 479 g/mol. The van der Waals surface area contributed by atoms with Crippen LogP contribution in [0.2, 0.25) is 0 Å². The van der Waals surface area contributed by atoms with Crippen molar-refractivity contribution >= 4 is 39.3 Å². The minimum Gasteiger partial charge on any atom is -0.350 e. The third-order valence-corrected chi connectivity index (χ3v) is 5.42. The molecule has 0 amide bonds. The fraction of sp³-hybridized carbons (Fsp3) is 0.235. The van der Waals surface area contributed by atoms with Gasteiger partial charge in [0.2, 0.25) is 3.86 Å². The summed E-state index contributed by atoms with van der Waals surface area (Å²) in [6.07, 6.45) is -3.10. The Hall–Kier alpha value is -1.92. The zero-order chi connectivity index (χ0) is 19.4.